The van der Waals surface area contributed by atoms with Crippen LogP contribution in [0.1, 0.15) is 0 Å². The van der Waals surface area contributed by atoms with Crippen molar-refractivity contribution in [2.24, 2.45) is 0 Å². The van der Waals surface area contributed by atoms with Crippen LogP contribution < -0.4 is 10.5 Å². The van der Waals surface area contributed by atoms with E-state index in [0.29, 0.717) is 16.5 Å². The van der Waals surface area contributed by atoms with Crippen molar-refractivity contribution in [1.82, 2.24) is 0 Å². The Kier molecular flexibility index (Phi) is 3.17. The van der Waals surface area contributed by atoms with E-state index in [-0.39, 0.29) is 6.61 Å². The van der Waals surface area contributed by atoms with Crippen molar-refractivity contribution in [3.63, 3.8) is 0 Å². The molecule has 0 aliphatic heterocycles. The summed E-state index contributed by atoms with van der Waals surface area (Å²) < 4.78 is 16.7. The molecule has 0 fully saturated rings. The molecule has 2 N–H and O–H groups in total. The number of hydrogen-bond donors (Lipinski definition) is 1. The van der Waals surface area contributed by atoms with E-state index >= 15 is 0 Å². The van der Waals surface area contributed by atoms with Crippen molar-refractivity contribution in [2.45, 2.75) is 0 Å². The van der Waals surface area contributed by atoms with Gasteiger partial charge in [-0.25, -0.2) is 4.39 Å². The average molecular weight is 190 g/mol. The number of rotatable bonds is 3. The maximum atomic E-state index is 11.7. The van der Waals surface area contributed by atoms with Crippen molar-refractivity contribution < 1.29 is 9.13 Å². The zero-order chi connectivity index (χ0) is 8.97. The van der Waals surface area contributed by atoms with Crippen LogP contribution in [0.3, 0.4) is 0 Å². The molecule has 0 unspecified atom stereocenters. The molecule has 0 saturated heterocycles. The fourth-order valence-corrected chi connectivity index (χ4v) is 0.886. The van der Waals surface area contributed by atoms with Gasteiger partial charge in [-0.3, -0.25) is 0 Å². The maximum absolute atomic E-state index is 11.7. The number of alkyl halides is 1. The molecule has 0 bridgehead atoms. The molecule has 66 valence electrons. The fraction of sp³-hybridized carbons (Fsp3) is 0.250. The molecule has 0 aliphatic rings. The predicted octanol–water partition coefficient (Wildman–Crippen LogP) is 2.27. The Morgan fingerprint density at radius 1 is 1.50 bits per heavy atom. The van der Waals surface area contributed by atoms with Gasteiger partial charge in [-0.15, -0.1) is 0 Å². The van der Waals surface area contributed by atoms with Gasteiger partial charge in [-0.05, 0) is 12.1 Å². The van der Waals surface area contributed by atoms with Crippen LogP contribution in [0.5, 0.6) is 5.75 Å². The molecule has 2 nitrogen and oxygen atoms in total. The Morgan fingerprint density at radius 3 is 2.83 bits per heavy atom. The smallest absolute Gasteiger partial charge is 0.123 e. The van der Waals surface area contributed by atoms with E-state index in [1.807, 2.05) is 0 Å². The third kappa shape index (κ3) is 2.27. The van der Waals surface area contributed by atoms with E-state index in [9.17, 15) is 4.39 Å². The minimum absolute atomic E-state index is 0.0427. The standard InChI is InChI=1S/C8H9ClFNO/c9-7-2-1-6(5-8(7)11)12-4-3-10/h1-2,5H,3-4,11H2. The summed E-state index contributed by atoms with van der Waals surface area (Å²) in [6.45, 7) is -0.469. The van der Waals surface area contributed by atoms with Gasteiger partial charge in [0.2, 0.25) is 0 Å². The molecule has 0 aromatic heterocycles. The lowest BCUT2D eigenvalue weighted by Gasteiger charge is -2.04. The van der Waals surface area contributed by atoms with E-state index in [0.717, 1.165) is 0 Å². The second kappa shape index (κ2) is 4.16. The maximum Gasteiger partial charge on any atom is 0.123 e. The molecule has 0 spiro atoms. The zero-order valence-electron chi connectivity index (χ0n) is 6.39. The molecule has 0 heterocycles. The quantitative estimate of drug-likeness (QED) is 0.741. The molecule has 0 saturated carbocycles. The van der Waals surface area contributed by atoms with Crippen molar-refractivity contribution in [2.75, 3.05) is 19.0 Å². The van der Waals surface area contributed by atoms with Crippen molar-refractivity contribution in [3.8, 4) is 5.75 Å². The number of hydrogen-bond acceptors (Lipinski definition) is 2. The van der Waals surface area contributed by atoms with E-state index in [1.54, 1.807) is 18.2 Å². The third-order valence-electron chi connectivity index (χ3n) is 1.31. The summed E-state index contributed by atoms with van der Waals surface area (Å²) in [7, 11) is 0. The first-order valence-corrected chi connectivity index (χ1v) is 3.85. The van der Waals surface area contributed by atoms with Gasteiger partial charge in [-0.1, -0.05) is 11.6 Å². The summed E-state index contributed by atoms with van der Waals surface area (Å²) in [6, 6.07) is 4.83. The highest BCUT2D eigenvalue weighted by molar-refractivity contribution is 6.33. The molecule has 4 heteroatoms. The van der Waals surface area contributed by atoms with E-state index < -0.39 is 6.67 Å². The van der Waals surface area contributed by atoms with Gasteiger partial charge < -0.3 is 10.5 Å². The van der Waals surface area contributed by atoms with E-state index in [1.165, 1.54) is 0 Å². The number of ether oxygens (including phenoxy) is 1. The molecular formula is C8H9ClFNO. The molecule has 0 atom stereocenters. The first-order valence-electron chi connectivity index (χ1n) is 3.48. The third-order valence-corrected chi connectivity index (χ3v) is 1.66. The molecule has 1 aromatic rings. The number of nitrogens with two attached hydrogens (primary N) is 1. The Balaban J connectivity index is 2.69. The summed E-state index contributed by atoms with van der Waals surface area (Å²) >= 11 is 5.66. The highest BCUT2D eigenvalue weighted by Crippen LogP contribution is 2.23. The van der Waals surface area contributed by atoms with Gasteiger partial charge in [-0.2, -0.15) is 0 Å². The van der Waals surface area contributed by atoms with E-state index in [2.05, 4.69) is 0 Å². The van der Waals surface area contributed by atoms with Crippen molar-refractivity contribution in [1.29, 1.82) is 0 Å². The number of anilines is 1. The average Bonchev–Trinajstić information content (AvgIpc) is 2.07. The Labute approximate surface area is 75.1 Å². The van der Waals surface area contributed by atoms with Crippen LogP contribution in [0.25, 0.3) is 0 Å². The second-order valence-corrected chi connectivity index (χ2v) is 2.63. The van der Waals surface area contributed by atoms with Crippen LogP contribution in [0.2, 0.25) is 5.02 Å². The summed E-state index contributed by atoms with van der Waals surface area (Å²) in [6.07, 6.45) is 0. The first kappa shape index (κ1) is 9.13. The van der Waals surface area contributed by atoms with Crippen LogP contribution in [-0.4, -0.2) is 13.3 Å². The minimum Gasteiger partial charge on any atom is -0.491 e. The van der Waals surface area contributed by atoms with Gasteiger partial charge in [0, 0.05) is 6.07 Å². The van der Waals surface area contributed by atoms with Crippen LogP contribution in [0, 0.1) is 0 Å². The first-order chi connectivity index (χ1) is 5.74. The van der Waals surface area contributed by atoms with Crippen LogP contribution in [0.4, 0.5) is 10.1 Å². The number of nitrogen functional groups attached to an aromatic ring is 1. The van der Waals surface area contributed by atoms with Gasteiger partial charge in [0.25, 0.3) is 0 Å². The Morgan fingerprint density at radius 2 is 2.25 bits per heavy atom. The van der Waals surface area contributed by atoms with Crippen molar-refractivity contribution in [3.05, 3.63) is 23.2 Å². The lowest BCUT2D eigenvalue weighted by Crippen LogP contribution is -1.99. The predicted molar refractivity (Wildman–Crippen MR) is 47.3 cm³/mol. The van der Waals surface area contributed by atoms with Crippen LogP contribution in [0.15, 0.2) is 18.2 Å². The lowest BCUT2D eigenvalue weighted by atomic mass is 10.3. The van der Waals surface area contributed by atoms with Crippen molar-refractivity contribution >= 4 is 17.3 Å². The van der Waals surface area contributed by atoms with Gasteiger partial charge in [0.15, 0.2) is 0 Å². The minimum atomic E-state index is -0.511. The molecule has 12 heavy (non-hydrogen) atoms. The molecular weight excluding hydrogens is 181 g/mol. The molecule has 1 rings (SSSR count). The molecule has 0 radical (unpaired) electrons. The summed E-state index contributed by atoms with van der Waals surface area (Å²) in [4.78, 5) is 0. The van der Waals surface area contributed by atoms with Gasteiger partial charge in [0.05, 0.1) is 10.7 Å². The summed E-state index contributed by atoms with van der Waals surface area (Å²) in [5.74, 6) is 0.537. The Bertz CT molecular complexity index is 267. The largest absolute Gasteiger partial charge is 0.491 e. The fourth-order valence-electron chi connectivity index (χ4n) is 0.768. The number of halogens is 2. The van der Waals surface area contributed by atoms with Crippen LogP contribution in [-0.2, 0) is 0 Å². The molecule has 0 amide bonds. The van der Waals surface area contributed by atoms with Gasteiger partial charge >= 0.3 is 0 Å². The normalized spacial score (nSPS) is 9.83. The topological polar surface area (TPSA) is 35.2 Å². The van der Waals surface area contributed by atoms with Gasteiger partial charge in [0.1, 0.15) is 19.0 Å². The summed E-state index contributed by atoms with van der Waals surface area (Å²) in [5.41, 5.74) is 5.92. The lowest BCUT2D eigenvalue weighted by molar-refractivity contribution is 0.273. The van der Waals surface area contributed by atoms with Crippen LogP contribution >= 0.6 is 11.6 Å². The zero-order valence-corrected chi connectivity index (χ0v) is 7.14. The molecule has 1 aromatic carbocycles. The monoisotopic (exact) mass is 189 g/mol. The highest BCUT2D eigenvalue weighted by atomic mass is 35.5. The second-order valence-electron chi connectivity index (χ2n) is 2.22. The van der Waals surface area contributed by atoms with E-state index in [4.69, 9.17) is 22.1 Å². The Hall–Kier alpha value is -0.960. The SMILES string of the molecule is Nc1cc(OCCF)ccc1Cl. The number of benzene rings is 1. The highest BCUT2D eigenvalue weighted by Gasteiger charge is 1.98. The molecule has 0 aliphatic carbocycles. The summed E-state index contributed by atoms with van der Waals surface area (Å²) in [5, 5.41) is 0.475.